The number of nitrogen functional groups attached to an aromatic ring is 1. The van der Waals surface area contributed by atoms with Gasteiger partial charge in [0.1, 0.15) is 12.9 Å². The van der Waals surface area contributed by atoms with Gasteiger partial charge in [0.05, 0.1) is 0 Å². The Balaban J connectivity index is 2.27. The van der Waals surface area contributed by atoms with E-state index in [1.54, 1.807) is 6.26 Å². The third kappa shape index (κ3) is 4.54. The SMILES string of the molecule is CS(=O)CCNC(=O)Cn1cnc(N)n1. The van der Waals surface area contributed by atoms with Crippen LogP contribution in [0.2, 0.25) is 0 Å². The molecule has 1 aromatic rings. The number of anilines is 1. The van der Waals surface area contributed by atoms with Crippen molar-refractivity contribution in [3.8, 4) is 0 Å². The van der Waals surface area contributed by atoms with Crippen molar-refractivity contribution in [3.05, 3.63) is 6.33 Å². The molecule has 3 N–H and O–H groups in total. The van der Waals surface area contributed by atoms with Crippen molar-refractivity contribution >= 4 is 22.7 Å². The highest BCUT2D eigenvalue weighted by Crippen LogP contribution is 1.88. The van der Waals surface area contributed by atoms with Crippen LogP contribution in [0.15, 0.2) is 6.33 Å². The summed E-state index contributed by atoms with van der Waals surface area (Å²) in [6.45, 7) is 0.465. The van der Waals surface area contributed by atoms with Crippen LogP contribution >= 0.6 is 0 Å². The van der Waals surface area contributed by atoms with Gasteiger partial charge in [0.15, 0.2) is 0 Å². The van der Waals surface area contributed by atoms with Crippen LogP contribution in [0.1, 0.15) is 0 Å². The van der Waals surface area contributed by atoms with Gasteiger partial charge in [0.25, 0.3) is 0 Å². The lowest BCUT2D eigenvalue weighted by molar-refractivity contribution is -0.121. The smallest absolute Gasteiger partial charge is 0.241 e. The Hall–Kier alpha value is -1.44. The number of amides is 1. The molecule has 0 bridgehead atoms. The van der Waals surface area contributed by atoms with Crippen LogP contribution in [0, 0.1) is 0 Å². The van der Waals surface area contributed by atoms with E-state index in [1.807, 2.05) is 0 Å². The van der Waals surface area contributed by atoms with Crippen LogP contribution < -0.4 is 11.1 Å². The molecular formula is C7H13N5O2S. The second kappa shape index (κ2) is 5.44. The molecule has 0 saturated carbocycles. The topological polar surface area (TPSA) is 103 Å². The second-order valence-electron chi connectivity index (χ2n) is 2.93. The summed E-state index contributed by atoms with van der Waals surface area (Å²) >= 11 is 0. The summed E-state index contributed by atoms with van der Waals surface area (Å²) in [6, 6.07) is 0. The normalized spacial score (nSPS) is 12.3. The van der Waals surface area contributed by atoms with Gasteiger partial charge >= 0.3 is 0 Å². The van der Waals surface area contributed by atoms with E-state index in [1.165, 1.54) is 11.0 Å². The molecule has 0 aliphatic heterocycles. The lowest BCUT2D eigenvalue weighted by Gasteiger charge is -2.03. The highest BCUT2D eigenvalue weighted by molar-refractivity contribution is 7.84. The fourth-order valence-corrected chi connectivity index (χ4v) is 1.31. The number of nitrogens with zero attached hydrogens (tertiary/aromatic N) is 3. The summed E-state index contributed by atoms with van der Waals surface area (Å²) < 4.78 is 12.0. The molecule has 1 aromatic heterocycles. The minimum Gasteiger partial charge on any atom is -0.367 e. The maximum atomic E-state index is 11.3. The molecule has 1 amide bonds. The van der Waals surface area contributed by atoms with Gasteiger partial charge < -0.3 is 11.1 Å². The lowest BCUT2D eigenvalue weighted by atomic mass is 10.5. The summed E-state index contributed by atoms with van der Waals surface area (Å²) in [5.41, 5.74) is 5.28. The molecule has 7 nitrogen and oxygen atoms in total. The molecule has 1 heterocycles. The first-order chi connectivity index (χ1) is 7.08. The van der Waals surface area contributed by atoms with Crippen LogP contribution in [-0.4, -0.2) is 43.4 Å². The van der Waals surface area contributed by atoms with Gasteiger partial charge in [-0.1, -0.05) is 0 Å². The van der Waals surface area contributed by atoms with Crippen molar-refractivity contribution in [2.75, 3.05) is 24.3 Å². The number of nitrogens with one attached hydrogen (secondary N) is 1. The number of aromatic nitrogens is 3. The van der Waals surface area contributed by atoms with Crippen LogP contribution in [0.5, 0.6) is 0 Å². The fourth-order valence-electron chi connectivity index (χ4n) is 0.922. The summed E-state index contributed by atoms with van der Waals surface area (Å²) in [7, 11) is -0.894. The molecule has 0 fully saturated rings. The number of nitrogens with two attached hydrogens (primary N) is 1. The quantitative estimate of drug-likeness (QED) is 0.632. The van der Waals surface area contributed by atoms with E-state index in [9.17, 15) is 9.00 Å². The molecule has 1 unspecified atom stereocenters. The Kier molecular flexibility index (Phi) is 4.22. The van der Waals surface area contributed by atoms with Crippen molar-refractivity contribution in [2.45, 2.75) is 6.54 Å². The van der Waals surface area contributed by atoms with Gasteiger partial charge in [-0.2, -0.15) is 0 Å². The fraction of sp³-hybridized carbons (Fsp3) is 0.571. The largest absolute Gasteiger partial charge is 0.367 e. The third-order valence-electron chi connectivity index (χ3n) is 1.57. The van der Waals surface area contributed by atoms with E-state index in [4.69, 9.17) is 5.73 Å². The first-order valence-corrected chi connectivity index (χ1v) is 6.02. The molecule has 0 spiro atoms. The monoisotopic (exact) mass is 231 g/mol. The first-order valence-electron chi connectivity index (χ1n) is 4.29. The number of rotatable bonds is 5. The number of carbonyl (C=O) groups is 1. The standard InChI is InChI=1S/C7H13N5O2S/c1-15(14)3-2-9-6(13)4-12-5-10-7(8)11-12/h5H,2-4H2,1H3,(H2,8,11)(H,9,13). The van der Waals surface area contributed by atoms with E-state index in [-0.39, 0.29) is 18.4 Å². The van der Waals surface area contributed by atoms with Crippen molar-refractivity contribution in [3.63, 3.8) is 0 Å². The molecule has 1 rings (SSSR count). The van der Waals surface area contributed by atoms with E-state index in [2.05, 4.69) is 15.4 Å². The Bertz CT molecular complexity index is 364. The summed E-state index contributed by atoms with van der Waals surface area (Å²) in [6.07, 6.45) is 2.97. The Morgan fingerprint density at radius 2 is 2.47 bits per heavy atom. The molecule has 0 radical (unpaired) electrons. The third-order valence-corrected chi connectivity index (χ3v) is 2.35. The Morgan fingerprint density at radius 1 is 1.73 bits per heavy atom. The number of hydrogen-bond acceptors (Lipinski definition) is 5. The van der Waals surface area contributed by atoms with Gasteiger partial charge in [-0.3, -0.25) is 9.00 Å². The highest BCUT2D eigenvalue weighted by Gasteiger charge is 2.03. The summed E-state index contributed by atoms with van der Waals surface area (Å²) in [5.74, 6) is 0.383. The lowest BCUT2D eigenvalue weighted by Crippen LogP contribution is -2.30. The molecule has 0 aromatic carbocycles. The molecule has 0 aliphatic rings. The summed E-state index contributed by atoms with van der Waals surface area (Å²) in [4.78, 5) is 14.9. The van der Waals surface area contributed by atoms with E-state index >= 15 is 0 Å². The zero-order chi connectivity index (χ0) is 11.3. The van der Waals surface area contributed by atoms with Crippen LogP contribution in [0.25, 0.3) is 0 Å². The number of carbonyl (C=O) groups excluding carboxylic acids is 1. The van der Waals surface area contributed by atoms with E-state index < -0.39 is 10.8 Å². The average Bonchev–Trinajstić information content (AvgIpc) is 2.50. The molecule has 0 saturated heterocycles. The molecular weight excluding hydrogens is 218 g/mol. The van der Waals surface area contributed by atoms with Gasteiger partial charge in [0.2, 0.25) is 11.9 Å². The number of hydrogen-bond donors (Lipinski definition) is 2. The molecule has 0 aliphatic carbocycles. The maximum Gasteiger partial charge on any atom is 0.241 e. The minimum absolute atomic E-state index is 0.0700. The molecule has 15 heavy (non-hydrogen) atoms. The van der Waals surface area contributed by atoms with Crippen molar-refractivity contribution in [1.82, 2.24) is 20.1 Å². The average molecular weight is 231 g/mol. The zero-order valence-electron chi connectivity index (χ0n) is 8.34. The minimum atomic E-state index is -0.894. The zero-order valence-corrected chi connectivity index (χ0v) is 9.16. The molecule has 1 atom stereocenters. The van der Waals surface area contributed by atoms with Crippen LogP contribution in [-0.2, 0) is 22.1 Å². The maximum absolute atomic E-state index is 11.3. The Labute approximate surface area is 89.5 Å². The molecule has 8 heteroatoms. The van der Waals surface area contributed by atoms with Crippen molar-refractivity contribution < 1.29 is 9.00 Å². The van der Waals surface area contributed by atoms with Gasteiger partial charge in [-0.15, -0.1) is 5.10 Å². The van der Waals surface area contributed by atoms with E-state index in [0.29, 0.717) is 12.3 Å². The van der Waals surface area contributed by atoms with Gasteiger partial charge in [-0.05, 0) is 0 Å². The van der Waals surface area contributed by atoms with Crippen molar-refractivity contribution in [2.24, 2.45) is 0 Å². The second-order valence-corrected chi connectivity index (χ2v) is 4.48. The van der Waals surface area contributed by atoms with Gasteiger partial charge in [-0.25, -0.2) is 9.67 Å². The summed E-state index contributed by atoms with van der Waals surface area (Å²) in [5, 5.41) is 6.37. The first kappa shape index (κ1) is 11.6. The molecule has 84 valence electrons. The van der Waals surface area contributed by atoms with Crippen molar-refractivity contribution in [1.29, 1.82) is 0 Å². The van der Waals surface area contributed by atoms with E-state index in [0.717, 1.165) is 0 Å². The van der Waals surface area contributed by atoms with Gasteiger partial charge in [0, 0.05) is 29.4 Å². The predicted molar refractivity (Wildman–Crippen MR) is 56.4 cm³/mol. The predicted octanol–water partition coefficient (Wildman–Crippen LogP) is -1.64. The van der Waals surface area contributed by atoms with Crippen LogP contribution in [0.3, 0.4) is 0 Å². The highest BCUT2D eigenvalue weighted by atomic mass is 32.2. The Morgan fingerprint density at radius 3 is 3.00 bits per heavy atom. The van der Waals surface area contributed by atoms with Crippen LogP contribution in [0.4, 0.5) is 5.95 Å².